The van der Waals surface area contributed by atoms with E-state index in [1.54, 1.807) is 12.5 Å². The summed E-state index contributed by atoms with van der Waals surface area (Å²) >= 11 is 0. The number of ketones is 2. The van der Waals surface area contributed by atoms with Crippen LogP contribution in [0.25, 0.3) is 0 Å². The lowest BCUT2D eigenvalue weighted by Crippen LogP contribution is -2.54. The van der Waals surface area contributed by atoms with Crippen LogP contribution in [-0.4, -0.2) is 22.3 Å². The average molecular weight is 623 g/mol. The summed E-state index contributed by atoms with van der Waals surface area (Å²) in [5, 5.41) is 11.2. The molecule has 0 amide bonds. The van der Waals surface area contributed by atoms with E-state index >= 15 is 0 Å². The van der Waals surface area contributed by atoms with Crippen LogP contribution in [0.3, 0.4) is 0 Å². The number of allylic oxidation sites excluding steroid dienone is 7. The molecule has 0 spiro atoms. The highest BCUT2D eigenvalue weighted by Crippen LogP contribution is 2.68. The van der Waals surface area contributed by atoms with Crippen LogP contribution < -0.4 is 0 Å². The second kappa shape index (κ2) is 11.5. The third-order valence-electron chi connectivity index (χ3n) is 16.0. The standard InChI is InChI=1S/C22H30O.C21H28O2/c1-4-21-14-15(3)20-17-9-7-6-8-16(17)10-11-18(20)19(21)12-13-22(21,23)5-2;1-13(22)17-6-7-18-16-5-4-14-12-15(23)8-10-20(14,2)19(16)9-11-21(17,18)3/h2,8,17-20,23H,3-4,6-7,9-14H2,1H3;4-5,12,16-19H,6-11H2,1-3H3/t17-,18-,19-,20+,21-,22-;16-,17+,18-,19+,20+,21+/m00/s1. The third-order valence-corrected chi connectivity index (χ3v) is 16.0. The summed E-state index contributed by atoms with van der Waals surface area (Å²) in [6.45, 7) is 13.3. The molecule has 248 valence electrons. The van der Waals surface area contributed by atoms with E-state index in [-0.39, 0.29) is 22.2 Å². The molecule has 46 heavy (non-hydrogen) atoms. The fourth-order valence-electron chi connectivity index (χ4n) is 13.7. The minimum Gasteiger partial charge on any atom is -0.377 e. The van der Waals surface area contributed by atoms with Crippen molar-refractivity contribution >= 4 is 11.6 Å². The maximum atomic E-state index is 12.1. The van der Waals surface area contributed by atoms with Gasteiger partial charge in [-0.2, -0.15) is 0 Å². The average Bonchev–Trinajstić information content (AvgIpc) is 3.56. The predicted molar refractivity (Wildman–Crippen MR) is 185 cm³/mol. The lowest BCUT2D eigenvalue weighted by molar-refractivity contribution is -0.127. The van der Waals surface area contributed by atoms with E-state index in [0.29, 0.717) is 53.5 Å². The van der Waals surface area contributed by atoms with Crippen molar-refractivity contribution in [1.82, 2.24) is 0 Å². The second-order valence-electron chi connectivity index (χ2n) is 17.5. The molecule has 3 heteroatoms. The molecular formula is C43H58O3. The van der Waals surface area contributed by atoms with Gasteiger partial charge in [0.05, 0.1) is 0 Å². The molecule has 1 N–H and O–H groups in total. The highest BCUT2D eigenvalue weighted by atomic mass is 16.3. The normalized spacial score (nSPS) is 48.5. The first-order valence-electron chi connectivity index (χ1n) is 18.9. The summed E-state index contributed by atoms with van der Waals surface area (Å²) in [5.41, 5.74) is 3.70. The van der Waals surface area contributed by atoms with E-state index in [0.717, 1.165) is 44.4 Å². The minimum atomic E-state index is -0.914. The molecule has 0 radical (unpaired) electrons. The Hall–Kier alpha value is -2.18. The molecule has 5 saturated carbocycles. The summed E-state index contributed by atoms with van der Waals surface area (Å²) in [6.07, 6.45) is 31.5. The molecule has 0 aromatic heterocycles. The molecule has 0 bridgehead atoms. The van der Waals surface area contributed by atoms with Crippen LogP contribution in [0, 0.1) is 75.9 Å². The molecule has 0 unspecified atom stereocenters. The molecule has 5 fully saturated rings. The number of Topliss-reactive ketones (excluding diaryl/α,β-unsaturated/α-hetero) is 1. The van der Waals surface area contributed by atoms with Crippen LogP contribution >= 0.6 is 0 Å². The molecule has 8 aliphatic rings. The van der Waals surface area contributed by atoms with Crippen molar-refractivity contribution in [2.24, 2.45) is 63.6 Å². The monoisotopic (exact) mass is 622 g/mol. The Morgan fingerprint density at radius 2 is 1.83 bits per heavy atom. The number of rotatable bonds is 2. The number of carbonyl (C=O) groups is 2. The van der Waals surface area contributed by atoms with Crippen LogP contribution in [0.5, 0.6) is 0 Å². The largest absolute Gasteiger partial charge is 0.377 e. The highest BCUT2D eigenvalue weighted by molar-refractivity contribution is 5.92. The fourth-order valence-corrected chi connectivity index (χ4v) is 13.7. The van der Waals surface area contributed by atoms with Gasteiger partial charge in [-0.25, -0.2) is 0 Å². The zero-order valence-corrected chi connectivity index (χ0v) is 29.1. The van der Waals surface area contributed by atoms with Crippen LogP contribution in [0.4, 0.5) is 0 Å². The van der Waals surface area contributed by atoms with Gasteiger partial charge >= 0.3 is 0 Å². The van der Waals surface area contributed by atoms with E-state index < -0.39 is 5.60 Å². The first kappa shape index (κ1) is 32.4. The van der Waals surface area contributed by atoms with E-state index in [1.165, 1.54) is 62.5 Å². The van der Waals surface area contributed by atoms with Crippen molar-refractivity contribution in [3.63, 3.8) is 0 Å². The van der Waals surface area contributed by atoms with Crippen molar-refractivity contribution < 1.29 is 14.7 Å². The van der Waals surface area contributed by atoms with Gasteiger partial charge in [0.15, 0.2) is 5.78 Å². The Morgan fingerprint density at radius 3 is 2.57 bits per heavy atom. The lowest BCUT2D eigenvalue weighted by Gasteiger charge is -2.56. The molecule has 3 nitrogen and oxygen atoms in total. The van der Waals surface area contributed by atoms with E-state index in [1.807, 2.05) is 6.08 Å². The summed E-state index contributed by atoms with van der Waals surface area (Å²) < 4.78 is 0. The van der Waals surface area contributed by atoms with Crippen LogP contribution in [0.15, 0.2) is 47.6 Å². The molecule has 0 heterocycles. The Morgan fingerprint density at radius 1 is 1.04 bits per heavy atom. The molecular weight excluding hydrogens is 564 g/mol. The Labute approximate surface area is 278 Å². The Balaban J connectivity index is 0.000000147. The maximum Gasteiger partial charge on any atom is 0.156 e. The third kappa shape index (κ3) is 4.55. The molecule has 8 aliphatic carbocycles. The molecule has 0 aromatic carbocycles. The highest BCUT2D eigenvalue weighted by Gasteiger charge is 2.64. The number of terminal acetylenes is 1. The van der Waals surface area contributed by atoms with Crippen molar-refractivity contribution in [3.8, 4) is 12.3 Å². The van der Waals surface area contributed by atoms with Gasteiger partial charge in [0.1, 0.15) is 11.4 Å². The topological polar surface area (TPSA) is 54.4 Å². The Bertz CT molecular complexity index is 1440. The quantitative estimate of drug-likeness (QED) is 0.247. The summed E-state index contributed by atoms with van der Waals surface area (Å²) in [4.78, 5) is 24.0. The van der Waals surface area contributed by atoms with Gasteiger partial charge in [-0.05, 0) is 161 Å². The molecule has 0 aliphatic heterocycles. The minimum absolute atomic E-state index is 0.115. The number of fused-ring (bicyclic) bond motifs is 10. The summed E-state index contributed by atoms with van der Waals surface area (Å²) in [7, 11) is 0. The van der Waals surface area contributed by atoms with Gasteiger partial charge in [0.2, 0.25) is 0 Å². The van der Waals surface area contributed by atoms with Crippen molar-refractivity contribution in [1.29, 1.82) is 0 Å². The van der Waals surface area contributed by atoms with Gasteiger partial charge < -0.3 is 5.11 Å². The summed E-state index contributed by atoms with van der Waals surface area (Å²) in [5.74, 6) is 8.31. The fraction of sp³-hybridized carbons (Fsp3) is 0.721. The van der Waals surface area contributed by atoms with E-state index in [9.17, 15) is 14.7 Å². The maximum absolute atomic E-state index is 12.1. The molecule has 8 rings (SSSR count). The van der Waals surface area contributed by atoms with Crippen molar-refractivity contribution in [2.75, 3.05) is 0 Å². The predicted octanol–water partition coefficient (Wildman–Crippen LogP) is 9.37. The number of hydrogen-bond donors (Lipinski definition) is 1. The second-order valence-corrected chi connectivity index (χ2v) is 17.5. The zero-order chi connectivity index (χ0) is 32.6. The SMILES string of the molecule is C#C[C@]1(O)CC[C@H]2[C@@H]3CCC4=CCCC[C@@H]4[C@H]3C(=C)C[C@@]21CC.CC(=O)[C@H]1CC[C@H]2[C@@H]3C=CC4=CC(=O)CC[C@@]4(C)[C@@H]3CC[C@]12C. The molecule has 12 atom stereocenters. The van der Waals surface area contributed by atoms with Gasteiger partial charge in [-0.3, -0.25) is 9.59 Å². The van der Waals surface area contributed by atoms with Crippen molar-refractivity contribution in [2.45, 2.75) is 130 Å². The first-order chi connectivity index (χ1) is 21.9. The first-order valence-corrected chi connectivity index (χ1v) is 18.9. The lowest BCUT2D eigenvalue weighted by atomic mass is 9.48. The number of carbonyl (C=O) groups excluding carboxylic acids is 2. The number of aliphatic hydroxyl groups is 1. The molecule has 0 saturated heterocycles. The van der Waals surface area contributed by atoms with Gasteiger partial charge in [-0.15, -0.1) is 6.42 Å². The molecule has 0 aromatic rings. The number of hydrogen-bond acceptors (Lipinski definition) is 3. The summed E-state index contributed by atoms with van der Waals surface area (Å²) in [6, 6.07) is 0. The van der Waals surface area contributed by atoms with Gasteiger partial charge in [0, 0.05) is 17.8 Å². The Kier molecular flexibility index (Phi) is 8.07. The van der Waals surface area contributed by atoms with Crippen LogP contribution in [-0.2, 0) is 9.59 Å². The van der Waals surface area contributed by atoms with Crippen molar-refractivity contribution in [3.05, 3.63) is 47.6 Å². The van der Waals surface area contributed by atoms with E-state index in [2.05, 4.69) is 51.5 Å². The zero-order valence-electron chi connectivity index (χ0n) is 29.1. The van der Waals surface area contributed by atoms with Crippen LogP contribution in [0.2, 0.25) is 0 Å². The van der Waals surface area contributed by atoms with Gasteiger partial charge in [-0.1, -0.05) is 62.6 Å². The van der Waals surface area contributed by atoms with E-state index in [4.69, 9.17) is 6.42 Å². The smallest absolute Gasteiger partial charge is 0.156 e. The van der Waals surface area contributed by atoms with Crippen LogP contribution in [0.1, 0.15) is 124 Å². The van der Waals surface area contributed by atoms with Gasteiger partial charge in [0.25, 0.3) is 0 Å².